The molecule has 2 aromatic rings. The maximum Gasteiger partial charge on any atom is 0.263 e. The van der Waals surface area contributed by atoms with Gasteiger partial charge in [-0.25, -0.2) is 8.42 Å². The van der Waals surface area contributed by atoms with Gasteiger partial charge < -0.3 is 4.98 Å². The second-order valence-corrected chi connectivity index (χ2v) is 6.57. The van der Waals surface area contributed by atoms with E-state index in [1.165, 1.54) is 6.20 Å². The molecule has 0 fully saturated rings. The molecule has 0 bridgehead atoms. The van der Waals surface area contributed by atoms with E-state index in [0.717, 1.165) is 15.6 Å². The van der Waals surface area contributed by atoms with E-state index in [9.17, 15) is 8.42 Å². The zero-order valence-electron chi connectivity index (χ0n) is 7.71. The number of H-pyrrole nitrogens is 1. The van der Waals surface area contributed by atoms with E-state index in [1.54, 1.807) is 12.1 Å². The standard InChI is InChI=1S/C9H7BrClNO2S/c1-5-7(10)3-2-6-8(15(11,13)14)4-12-9(5)6/h2-4,12H,1H3. The minimum Gasteiger partial charge on any atom is -0.360 e. The number of aromatic amines is 1. The summed E-state index contributed by atoms with van der Waals surface area (Å²) in [7, 11) is 1.62. The molecule has 1 N–H and O–H groups in total. The van der Waals surface area contributed by atoms with Gasteiger partial charge in [-0.05, 0) is 18.6 Å². The molecule has 1 aromatic heterocycles. The molecule has 0 unspecified atom stereocenters. The summed E-state index contributed by atoms with van der Waals surface area (Å²) < 4.78 is 23.4. The van der Waals surface area contributed by atoms with Crippen molar-refractivity contribution >= 4 is 46.6 Å². The molecule has 0 atom stereocenters. The van der Waals surface area contributed by atoms with E-state index >= 15 is 0 Å². The molecule has 1 aromatic carbocycles. The Kier molecular flexibility index (Phi) is 2.56. The highest BCUT2D eigenvalue weighted by Gasteiger charge is 2.17. The van der Waals surface area contributed by atoms with Crippen LogP contribution in [0.4, 0.5) is 0 Å². The predicted molar refractivity (Wildman–Crippen MR) is 63.8 cm³/mol. The van der Waals surface area contributed by atoms with Crippen LogP contribution in [0.1, 0.15) is 5.56 Å². The van der Waals surface area contributed by atoms with E-state index in [1.807, 2.05) is 6.92 Å². The molecule has 3 nitrogen and oxygen atoms in total. The van der Waals surface area contributed by atoms with Gasteiger partial charge in [0.05, 0.1) is 5.52 Å². The van der Waals surface area contributed by atoms with Crippen LogP contribution in [0, 0.1) is 6.92 Å². The van der Waals surface area contributed by atoms with E-state index in [-0.39, 0.29) is 4.90 Å². The lowest BCUT2D eigenvalue weighted by Crippen LogP contribution is -1.88. The molecule has 80 valence electrons. The van der Waals surface area contributed by atoms with E-state index < -0.39 is 9.05 Å². The van der Waals surface area contributed by atoms with Gasteiger partial charge in [-0.1, -0.05) is 22.0 Å². The Hall–Kier alpha value is -0.520. The third kappa shape index (κ3) is 1.79. The van der Waals surface area contributed by atoms with Crippen LogP contribution >= 0.6 is 26.6 Å². The maximum absolute atomic E-state index is 11.2. The largest absolute Gasteiger partial charge is 0.360 e. The zero-order valence-corrected chi connectivity index (χ0v) is 10.9. The summed E-state index contributed by atoms with van der Waals surface area (Å²) in [6.07, 6.45) is 1.41. The quantitative estimate of drug-likeness (QED) is 0.823. The average molecular weight is 309 g/mol. The number of aryl methyl sites for hydroxylation is 1. The molecule has 1 heterocycles. The fourth-order valence-corrected chi connectivity index (χ4v) is 2.84. The van der Waals surface area contributed by atoms with Gasteiger partial charge in [0.25, 0.3) is 9.05 Å². The highest BCUT2D eigenvalue weighted by Crippen LogP contribution is 2.30. The number of benzene rings is 1. The van der Waals surface area contributed by atoms with Crippen LogP contribution in [-0.2, 0) is 9.05 Å². The van der Waals surface area contributed by atoms with Gasteiger partial charge in [-0.3, -0.25) is 0 Å². The van der Waals surface area contributed by atoms with Gasteiger partial charge in [-0.2, -0.15) is 0 Å². The lowest BCUT2D eigenvalue weighted by molar-refractivity contribution is 0.610. The van der Waals surface area contributed by atoms with Crippen LogP contribution in [0.3, 0.4) is 0 Å². The Bertz CT molecular complexity index is 633. The molecule has 0 saturated heterocycles. The Balaban J connectivity index is 2.90. The number of hydrogen-bond donors (Lipinski definition) is 1. The van der Waals surface area contributed by atoms with Crippen molar-refractivity contribution in [3.05, 3.63) is 28.4 Å². The number of hydrogen-bond acceptors (Lipinski definition) is 2. The molecule has 15 heavy (non-hydrogen) atoms. The van der Waals surface area contributed by atoms with Gasteiger partial charge >= 0.3 is 0 Å². The van der Waals surface area contributed by atoms with Crippen LogP contribution in [0.15, 0.2) is 27.7 Å². The summed E-state index contributed by atoms with van der Waals surface area (Å²) >= 11 is 3.37. The lowest BCUT2D eigenvalue weighted by atomic mass is 10.2. The zero-order chi connectivity index (χ0) is 11.2. The van der Waals surface area contributed by atoms with Gasteiger partial charge in [0.1, 0.15) is 4.90 Å². The van der Waals surface area contributed by atoms with Crippen molar-refractivity contribution in [2.75, 3.05) is 0 Å². The van der Waals surface area contributed by atoms with Crippen LogP contribution in [-0.4, -0.2) is 13.4 Å². The highest BCUT2D eigenvalue weighted by molar-refractivity contribution is 9.10. The van der Waals surface area contributed by atoms with E-state index in [2.05, 4.69) is 20.9 Å². The smallest absolute Gasteiger partial charge is 0.263 e. The Morgan fingerprint density at radius 1 is 1.40 bits per heavy atom. The molecule has 0 spiro atoms. The van der Waals surface area contributed by atoms with Crippen molar-refractivity contribution in [2.24, 2.45) is 0 Å². The van der Waals surface area contributed by atoms with Gasteiger partial charge in [0.2, 0.25) is 0 Å². The fraction of sp³-hybridized carbons (Fsp3) is 0.111. The summed E-state index contributed by atoms with van der Waals surface area (Å²) in [4.78, 5) is 3.03. The first-order valence-electron chi connectivity index (χ1n) is 4.12. The molecule has 0 amide bonds. The first kappa shape index (κ1) is 11.0. The molecule has 2 rings (SSSR count). The fourth-order valence-electron chi connectivity index (χ4n) is 1.49. The average Bonchev–Trinajstić information content (AvgIpc) is 2.54. The third-order valence-corrected chi connectivity index (χ3v) is 4.50. The normalized spacial score (nSPS) is 12.2. The Labute approximate surface area is 100.0 Å². The highest BCUT2D eigenvalue weighted by atomic mass is 79.9. The summed E-state index contributed by atoms with van der Waals surface area (Å²) in [5, 5.41) is 0.616. The predicted octanol–water partition coefficient (Wildman–Crippen LogP) is 3.17. The molecule has 6 heteroatoms. The Morgan fingerprint density at radius 3 is 2.67 bits per heavy atom. The number of halogens is 2. The van der Waals surface area contributed by atoms with Crippen LogP contribution in [0.2, 0.25) is 0 Å². The molecular weight excluding hydrogens is 302 g/mol. The van der Waals surface area contributed by atoms with Crippen LogP contribution in [0.25, 0.3) is 10.9 Å². The molecule has 0 radical (unpaired) electrons. The first-order valence-corrected chi connectivity index (χ1v) is 7.22. The molecule has 0 aliphatic heterocycles. The summed E-state index contributed by atoms with van der Waals surface area (Å²) in [5.41, 5.74) is 1.74. The summed E-state index contributed by atoms with van der Waals surface area (Å²) in [5.74, 6) is 0. The third-order valence-electron chi connectivity index (χ3n) is 2.27. The lowest BCUT2D eigenvalue weighted by Gasteiger charge is -1.99. The van der Waals surface area contributed by atoms with E-state index in [0.29, 0.717) is 5.39 Å². The van der Waals surface area contributed by atoms with Crippen molar-refractivity contribution in [3.63, 3.8) is 0 Å². The van der Waals surface area contributed by atoms with Crippen molar-refractivity contribution in [3.8, 4) is 0 Å². The number of rotatable bonds is 1. The van der Waals surface area contributed by atoms with Crippen molar-refractivity contribution in [2.45, 2.75) is 11.8 Å². The van der Waals surface area contributed by atoms with Gasteiger partial charge in [-0.15, -0.1) is 0 Å². The molecule has 0 saturated carbocycles. The van der Waals surface area contributed by atoms with Crippen LogP contribution in [0.5, 0.6) is 0 Å². The molecule has 0 aliphatic rings. The number of nitrogens with one attached hydrogen (secondary N) is 1. The molecular formula is C9H7BrClNO2S. The molecule has 0 aliphatic carbocycles. The summed E-state index contributed by atoms with van der Waals surface area (Å²) in [6, 6.07) is 3.52. The second-order valence-electron chi connectivity index (χ2n) is 3.19. The van der Waals surface area contributed by atoms with Crippen molar-refractivity contribution in [1.82, 2.24) is 4.98 Å². The topological polar surface area (TPSA) is 49.9 Å². The SMILES string of the molecule is Cc1c(Br)ccc2c(S(=O)(=O)Cl)c[nH]c12. The first-order chi connectivity index (χ1) is 6.91. The van der Waals surface area contributed by atoms with Crippen LogP contribution < -0.4 is 0 Å². The number of fused-ring (bicyclic) bond motifs is 1. The monoisotopic (exact) mass is 307 g/mol. The van der Waals surface area contributed by atoms with Crippen molar-refractivity contribution in [1.29, 1.82) is 0 Å². The summed E-state index contributed by atoms with van der Waals surface area (Å²) in [6.45, 7) is 1.90. The van der Waals surface area contributed by atoms with Gasteiger partial charge in [0, 0.05) is 26.7 Å². The second kappa shape index (κ2) is 3.50. The number of aromatic nitrogens is 1. The maximum atomic E-state index is 11.2. The minimum absolute atomic E-state index is 0.120. The van der Waals surface area contributed by atoms with Gasteiger partial charge in [0.15, 0.2) is 0 Å². The minimum atomic E-state index is -3.69. The Morgan fingerprint density at radius 2 is 2.07 bits per heavy atom. The van der Waals surface area contributed by atoms with E-state index in [4.69, 9.17) is 10.7 Å². The van der Waals surface area contributed by atoms with Crippen molar-refractivity contribution < 1.29 is 8.42 Å².